The molecule has 0 saturated heterocycles. The first-order valence-electron chi connectivity index (χ1n) is 10.3. The summed E-state index contributed by atoms with van der Waals surface area (Å²) in [5.41, 5.74) is 5.87. The van der Waals surface area contributed by atoms with Gasteiger partial charge in [0.2, 0.25) is 5.91 Å². The van der Waals surface area contributed by atoms with Crippen molar-refractivity contribution in [3.8, 4) is 11.5 Å². The van der Waals surface area contributed by atoms with Gasteiger partial charge in [0.25, 0.3) is 0 Å². The smallest absolute Gasteiger partial charge is 0.220 e. The summed E-state index contributed by atoms with van der Waals surface area (Å²) in [6, 6.07) is 12.3. The number of fused-ring (bicyclic) bond motifs is 5. The molecule has 148 valence electrons. The number of carbonyl (C=O) groups excluding carboxylic acids is 1. The summed E-state index contributed by atoms with van der Waals surface area (Å²) < 4.78 is 11.8. The topological polar surface area (TPSA) is 54.6 Å². The minimum Gasteiger partial charge on any atom is -0.496 e. The van der Waals surface area contributed by atoms with Gasteiger partial charge in [-0.15, -0.1) is 0 Å². The van der Waals surface area contributed by atoms with Crippen molar-refractivity contribution < 1.29 is 14.3 Å². The molecule has 1 atom stereocenters. The van der Waals surface area contributed by atoms with E-state index in [-0.39, 0.29) is 17.4 Å². The lowest BCUT2D eigenvalue weighted by molar-refractivity contribution is -0.131. The Kier molecular flexibility index (Phi) is 3.38. The second kappa shape index (κ2) is 5.78. The molecule has 0 radical (unpaired) electrons. The number of aromatic amines is 1. The summed E-state index contributed by atoms with van der Waals surface area (Å²) in [6.45, 7) is 3.13. The molecule has 1 amide bonds. The number of hydrogen-bond acceptors (Lipinski definition) is 3. The van der Waals surface area contributed by atoms with Gasteiger partial charge < -0.3 is 19.4 Å². The number of hydrogen-bond donors (Lipinski definition) is 1. The SMILES string of the molecule is COc1cccc2[nH]c3c(c12)C1(CC1)CN(C(C)=O)C3c1cccc2c1OCC2. The van der Waals surface area contributed by atoms with E-state index in [1.807, 2.05) is 17.0 Å². The molecule has 3 aromatic rings. The average molecular weight is 388 g/mol. The second-order valence-electron chi connectivity index (χ2n) is 8.56. The lowest BCUT2D eigenvalue weighted by Gasteiger charge is -2.40. The zero-order chi connectivity index (χ0) is 19.8. The Balaban J connectivity index is 1.66. The number of amides is 1. The molecule has 1 N–H and O–H groups in total. The maximum absolute atomic E-state index is 12.8. The average Bonchev–Trinajstić information content (AvgIpc) is 3.15. The van der Waals surface area contributed by atoms with Gasteiger partial charge in [0, 0.05) is 47.5 Å². The van der Waals surface area contributed by atoms with Crippen LogP contribution in [0, 0.1) is 0 Å². The van der Waals surface area contributed by atoms with Crippen molar-refractivity contribution in [3.05, 3.63) is 58.8 Å². The molecule has 3 heterocycles. The first kappa shape index (κ1) is 17.0. The summed E-state index contributed by atoms with van der Waals surface area (Å²) in [5.74, 6) is 1.95. The highest BCUT2D eigenvalue weighted by Gasteiger charge is 2.55. The van der Waals surface area contributed by atoms with E-state index in [1.165, 1.54) is 16.5 Å². The van der Waals surface area contributed by atoms with Crippen LogP contribution in [0.3, 0.4) is 0 Å². The van der Waals surface area contributed by atoms with Crippen molar-refractivity contribution in [1.29, 1.82) is 0 Å². The Bertz CT molecular complexity index is 1160. The Morgan fingerprint density at radius 3 is 2.83 bits per heavy atom. The number of nitrogens with zero attached hydrogens (tertiary/aromatic N) is 1. The van der Waals surface area contributed by atoms with Gasteiger partial charge in [-0.2, -0.15) is 0 Å². The van der Waals surface area contributed by atoms with Crippen LogP contribution >= 0.6 is 0 Å². The molecule has 1 saturated carbocycles. The Hall–Kier alpha value is -2.95. The van der Waals surface area contributed by atoms with E-state index >= 15 is 0 Å². The normalized spacial score (nSPS) is 21.0. The third-order valence-electron chi connectivity index (χ3n) is 6.92. The van der Waals surface area contributed by atoms with E-state index < -0.39 is 0 Å². The van der Waals surface area contributed by atoms with Gasteiger partial charge in [-0.1, -0.05) is 24.3 Å². The number of aromatic nitrogens is 1. The van der Waals surface area contributed by atoms with Crippen molar-refractivity contribution in [2.24, 2.45) is 0 Å². The lowest BCUT2D eigenvalue weighted by atomic mass is 9.82. The number of carbonyl (C=O) groups is 1. The molecule has 2 aliphatic heterocycles. The highest BCUT2D eigenvalue weighted by atomic mass is 16.5. The molecule has 0 bridgehead atoms. The second-order valence-corrected chi connectivity index (χ2v) is 8.56. The molecule has 6 rings (SSSR count). The van der Waals surface area contributed by atoms with Crippen molar-refractivity contribution in [2.45, 2.75) is 37.6 Å². The van der Waals surface area contributed by atoms with Crippen LogP contribution in [-0.4, -0.2) is 36.1 Å². The van der Waals surface area contributed by atoms with Gasteiger partial charge in [0.15, 0.2) is 0 Å². The van der Waals surface area contributed by atoms with Crippen molar-refractivity contribution in [2.75, 3.05) is 20.3 Å². The van der Waals surface area contributed by atoms with Gasteiger partial charge in [0.1, 0.15) is 17.5 Å². The van der Waals surface area contributed by atoms with E-state index in [1.54, 1.807) is 14.0 Å². The number of rotatable bonds is 2. The molecular formula is C24H24N2O3. The van der Waals surface area contributed by atoms with E-state index in [0.29, 0.717) is 6.61 Å². The zero-order valence-corrected chi connectivity index (χ0v) is 16.7. The van der Waals surface area contributed by atoms with Crippen LogP contribution in [0.4, 0.5) is 0 Å². The van der Waals surface area contributed by atoms with Gasteiger partial charge in [-0.25, -0.2) is 0 Å². The Morgan fingerprint density at radius 2 is 2.07 bits per heavy atom. The van der Waals surface area contributed by atoms with E-state index in [2.05, 4.69) is 29.2 Å². The Morgan fingerprint density at radius 1 is 1.24 bits per heavy atom. The van der Waals surface area contributed by atoms with Crippen LogP contribution in [0.15, 0.2) is 36.4 Å². The standard InChI is InChI=1S/C24H24N2O3/c1-14(27)26-13-24(10-11-24)20-19-17(7-4-8-18(19)28-2)25-21(20)22(26)16-6-3-5-15-9-12-29-23(15)16/h3-8,22,25H,9-13H2,1-2H3. The monoisotopic (exact) mass is 388 g/mol. The Labute approximate surface area is 169 Å². The predicted octanol–water partition coefficient (Wildman–Crippen LogP) is 4.09. The number of H-pyrrole nitrogens is 1. The lowest BCUT2D eigenvalue weighted by Crippen LogP contribution is -2.44. The largest absolute Gasteiger partial charge is 0.496 e. The molecule has 2 aromatic carbocycles. The molecular weight excluding hydrogens is 364 g/mol. The maximum Gasteiger partial charge on any atom is 0.220 e. The van der Waals surface area contributed by atoms with E-state index in [9.17, 15) is 4.79 Å². The van der Waals surface area contributed by atoms with Crippen molar-refractivity contribution in [3.63, 3.8) is 0 Å². The van der Waals surface area contributed by atoms with Crippen LogP contribution in [0.2, 0.25) is 0 Å². The number of benzene rings is 2. The molecule has 1 spiro atoms. The van der Waals surface area contributed by atoms with Gasteiger partial charge >= 0.3 is 0 Å². The molecule has 1 aromatic heterocycles. The predicted molar refractivity (Wildman–Crippen MR) is 111 cm³/mol. The van der Waals surface area contributed by atoms with Gasteiger partial charge in [0.05, 0.1) is 13.7 Å². The summed E-state index contributed by atoms with van der Waals surface area (Å²) in [7, 11) is 1.73. The molecule has 29 heavy (non-hydrogen) atoms. The fourth-order valence-electron chi connectivity index (χ4n) is 5.45. The molecule has 5 heteroatoms. The number of para-hydroxylation sites is 1. The highest BCUT2D eigenvalue weighted by Crippen LogP contribution is 2.59. The van der Waals surface area contributed by atoms with Crippen LogP contribution in [0.5, 0.6) is 11.5 Å². The molecule has 1 aliphatic carbocycles. The quantitative estimate of drug-likeness (QED) is 0.719. The molecule has 1 unspecified atom stereocenters. The van der Waals surface area contributed by atoms with E-state index in [0.717, 1.165) is 54.1 Å². The number of ether oxygens (including phenoxy) is 2. The van der Waals surface area contributed by atoms with Crippen LogP contribution in [0.1, 0.15) is 48.2 Å². The molecule has 5 nitrogen and oxygen atoms in total. The fourth-order valence-corrected chi connectivity index (χ4v) is 5.45. The summed E-state index contributed by atoms with van der Waals surface area (Å²) in [5, 5.41) is 1.17. The maximum atomic E-state index is 12.8. The minimum absolute atomic E-state index is 0.0309. The van der Waals surface area contributed by atoms with Gasteiger partial charge in [-0.3, -0.25) is 4.79 Å². The van der Waals surface area contributed by atoms with Crippen LogP contribution < -0.4 is 9.47 Å². The van der Waals surface area contributed by atoms with Crippen molar-refractivity contribution >= 4 is 16.8 Å². The molecule has 1 fully saturated rings. The first-order chi connectivity index (χ1) is 14.1. The van der Waals surface area contributed by atoms with Gasteiger partial charge in [-0.05, 0) is 36.1 Å². The van der Waals surface area contributed by atoms with E-state index in [4.69, 9.17) is 9.47 Å². The zero-order valence-electron chi connectivity index (χ0n) is 16.7. The summed E-state index contributed by atoms with van der Waals surface area (Å²) in [6.07, 6.45) is 3.13. The third kappa shape index (κ3) is 2.24. The summed E-state index contributed by atoms with van der Waals surface area (Å²) >= 11 is 0. The van der Waals surface area contributed by atoms with Crippen LogP contribution in [-0.2, 0) is 16.6 Å². The highest BCUT2D eigenvalue weighted by molar-refractivity contribution is 5.93. The molecule has 3 aliphatic rings. The minimum atomic E-state index is -0.168. The third-order valence-corrected chi connectivity index (χ3v) is 6.92. The number of methoxy groups -OCH3 is 1. The number of nitrogens with one attached hydrogen (secondary N) is 1. The van der Waals surface area contributed by atoms with Crippen molar-refractivity contribution in [1.82, 2.24) is 9.88 Å². The first-order valence-corrected chi connectivity index (χ1v) is 10.3. The summed E-state index contributed by atoms with van der Waals surface area (Å²) in [4.78, 5) is 18.5. The van der Waals surface area contributed by atoms with Crippen LogP contribution in [0.25, 0.3) is 10.9 Å². The fraction of sp³-hybridized carbons (Fsp3) is 0.375.